The zero-order valence-corrected chi connectivity index (χ0v) is 13.2. The second-order valence-corrected chi connectivity index (χ2v) is 8.98. The standard InChI is InChI=1S/C12H24O2Si.H3P/c1-13-15(14-2,11-7-3-4-8-11)12-9-5-6-10-12;/h11-12H,3-10H2,1-2H3;1H3. The molecule has 2 aliphatic rings. The average molecular weight is 262 g/mol. The molecule has 0 amide bonds. The zero-order chi connectivity index (χ0) is 10.7. The summed E-state index contributed by atoms with van der Waals surface area (Å²) in [7, 11) is 1.91. The summed E-state index contributed by atoms with van der Waals surface area (Å²) in [6.07, 6.45) is 11.0. The fourth-order valence-corrected chi connectivity index (χ4v) is 8.33. The van der Waals surface area contributed by atoms with Crippen molar-refractivity contribution < 1.29 is 8.85 Å². The van der Waals surface area contributed by atoms with E-state index in [1.54, 1.807) is 0 Å². The first-order valence-corrected chi connectivity index (χ1v) is 8.41. The van der Waals surface area contributed by atoms with Crippen LogP contribution in [-0.2, 0) is 8.85 Å². The van der Waals surface area contributed by atoms with Gasteiger partial charge in [-0.05, 0) is 25.7 Å². The molecule has 0 saturated heterocycles. The summed E-state index contributed by atoms with van der Waals surface area (Å²) in [6.45, 7) is 0. The molecule has 0 aromatic carbocycles. The Morgan fingerprint density at radius 3 is 1.31 bits per heavy atom. The third-order valence-electron chi connectivity index (χ3n) is 4.49. The molecular weight excluding hydrogens is 235 g/mol. The van der Waals surface area contributed by atoms with Gasteiger partial charge >= 0.3 is 8.56 Å². The van der Waals surface area contributed by atoms with E-state index in [0.29, 0.717) is 0 Å². The summed E-state index contributed by atoms with van der Waals surface area (Å²) in [4.78, 5) is 0. The van der Waals surface area contributed by atoms with Gasteiger partial charge < -0.3 is 8.85 Å². The molecule has 2 aliphatic carbocycles. The molecule has 0 N–H and O–H groups in total. The lowest BCUT2D eigenvalue weighted by Crippen LogP contribution is -2.48. The minimum Gasteiger partial charge on any atom is -0.397 e. The first kappa shape index (κ1) is 14.6. The molecule has 2 fully saturated rings. The van der Waals surface area contributed by atoms with E-state index < -0.39 is 8.56 Å². The fraction of sp³-hybridized carbons (Fsp3) is 1.00. The molecule has 16 heavy (non-hydrogen) atoms. The Morgan fingerprint density at radius 1 is 0.750 bits per heavy atom. The molecule has 0 aromatic heterocycles. The summed E-state index contributed by atoms with van der Waals surface area (Å²) in [5, 5.41) is 0. The minimum absolute atomic E-state index is 0. The molecule has 2 nitrogen and oxygen atoms in total. The van der Waals surface area contributed by atoms with Gasteiger partial charge in [-0.2, -0.15) is 9.90 Å². The van der Waals surface area contributed by atoms with E-state index in [1.807, 2.05) is 14.2 Å². The second kappa shape index (κ2) is 6.49. The molecule has 0 aromatic rings. The summed E-state index contributed by atoms with van der Waals surface area (Å²) < 4.78 is 11.9. The van der Waals surface area contributed by atoms with E-state index in [0.717, 1.165) is 11.1 Å². The van der Waals surface area contributed by atoms with Crippen LogP contribution in [-0.4, -0.2) is 22.8 Å². The highest BCUT2D eigenvalue weighted by atomic mass is 31.0. The van der Waals surface area contributed by atoms with Crippen molar-refractivity contribution in [3.63, 3.8) is 0 Å². The van der Waals surface area contributed by atoms with Crippen LogP contribution < -0.4 is 0 Å². The van der Waals surface area contributed by atoms with Crippen molar-refractivity contribution in [1.29, 1.82) is 0 Å². The first-order valence-electron chi connectivity index (χ1n) is 6.44. The molecular formula is C12H27O2PSi. The quantitative estimate of drug-likeness (QED) is 0.568. The van der Waals surface area contributed by atoms with Gasteiger partial charge in [-0.1, -0.05) is 25.7 Å². The molecule has 0 aliphatic heterocycles. The molecule has 2 saturated carbocycles. The largest absolute Gasteiger partial charge is 0.397 e. The highest BCUT2D eigenvalue weighted by molar-refractivity contribution is 6.92. The van der Waals surface area contributed by atoms with Gasteiger partial charge in [0.25, 0.3) is 0 Å². The Morgan fingerprint density at radius 2 is 1.06 bits per heavy atom. The maximum Gasteiger partial charge on any atom is 0.344 e. The smallest absolute Gasteiger partial charge is 0.344 e. The highest BCUT2D eigenvalue weighted by Gasteiger charge is 2.52. The van der Waals surface area contributed by atoms with Gasteiger partial charge in [-0.15, -0.1) is 0 Å². The van der Waals surface area contributed by atoms with Gasteiger partial charge in [-0.3, -0.25) is 0 Å². The van der Waals surface area contributed by atoms with Crippen LogP contribution in [0.2, 0.25) is 11.1 Å². The fourth-order valence-electron chi connectivity index (χ4n) is 3.74. The Balaban J connectivity index is 0.00000128. The Labute approximate surface area is 104 Å². The van der Waals surface area contributed by atoms with E-state index in [2.05, 4.69) is 0 Å². The van der Waals surface area contributed by atoms with Crippen molar-refractivity contribution in [3.8, 4) is 0 Å². The first-order chi connectivity index (χ1) is 7.33. The second-order valence-electron chi connectivity index (χ2n) is 5.09. The number of hydrogen-bond donors (Lipinski definition) is 0. The minimum atomic E-state index is -1.88. The zero-order valence-electron chi connectivity index (χ0n) is 10.8. The van der Waals surface area contributed by atoms with Crippen molar-refractivity contribution in [1.82, 2.24) is 0 Å². The molecule has 0 heterocycles. The molecule has 0 bridgehead atoms. The van der Waals surface area contributed by atoms with Gasteiger partial charge in [0.1, 0.15) is 0 Å². The predicted molar refractivity (Wildman–Crippen MR) is 75.3 cm³/mol. The van der Waals surface area contributed by atoms with E-state index in [4.69, 9.17) is 8.85 Å². The van der Waals surface area contributed by atoms with E-state index in [1.165, 1.54) is 51.4 Å². The molecule has 0 spiro atoms. The summed E-state index contributed by atoms with van der Waals surface area (Å²) in [5.74, 6) is 0. The maximum absolute atomic E-state index is 5.97. The van der Waals surface area contributed by atoms with Gasteiger partial charge in [0.15, 0.2) is 0 Å². The third kappa shape index (κ3) is 2.53. The SMILES string of the molecule is CO[Si](OC)(C1CCCC1)C1CCCC1.P. The number of rotatable bonds is 4. The van der Waals surface area contributed by atoms with Gasteiger partial charge in [0.2, 0.25) is 0 Å². The predicted octanol–water partition coefficient (Wildman–Crippen LogP) is 3.67. The molecule has 1 atom stereocenters. The summed E-state index contributed by atoms with van der Waals surface area (Å²) >= 11 is 0. The molecule has 1 unspecified atom stereocenters. The summed E-state index contributed by atoms with van der Waals surface area (Å²) in [6, 6.07) is 0. The lowest BCUT2D eigenvalue weighted by Gasteiger charge is -2.37. The van der Waals surface area contributed by atoms with Crippen LogP contribution in [0.15, 0.2) is 0 Å². The Kier molecular flexibility index (Phi) is 5.93. The van der Waals surface area contributed by atoms with Crippen LogP contribution in [0.3, 0.4) is 0 Å². The highest BCUT2D eigenvalue weighted by Crippen LogP contribution is 2.50. The van der Waals surface area contributed by atoms with Crippen LogP contribution in [0.5, 0.6) is 0 Å². The van der Waals surface area contributed by atoms with Crippen molar-refractivity contribution in [2.24, 2.45) is 0 Å². The molecule has 0 radical (unpaired) electrons. The average Bonchev–Trinajstić information content (AvgIpc) is 2.92. The Bertz CT molecular complexity index is 179. The van der Waals surface area contributed by atoms with Crippen LogP contribution in [0, 0.1) is 0 Å². The van der Waals surface area contributed by atoms with Crippen LogP contribution in [0.25, 0.3) is 0 Å². The molecule has 96 valence electrons. The van der Waals surface area contributed by atoms with Crippen molar-refractivity contribution >= 4 is 18.5 Å². The monoisotopic (exact) mass is 262 g/mol. The van der Waals surface area contributed by atoms with Crippen molar-refractivity contribution in [2.75, 3.05) is 14.2 Å². The van der Waals surface area contributed by atoms with Gasteiger partial charge in [0, 0.05) is 25.3 Å². The van der Waals surface area contributed by atoms with Crippen molar-refractivity contribution in [2.45, 2.75) is 62.4 Å². The Hall–Kier alpha value is 0.567. The number of hydrogen-bond acceptors (Lipinski definition) is 2. The van der Waals surface area contributed by atoms with E-state index in [-0.39, 0.29) is 9.90 Å². The lowest BCUT2D eigenvalue weighted by atomic mass is 10.3. The van der Waals surface area contributed by atoms with Gasteiger partial charge in [-0.25, -0.2) is 0 Å². The molecule has 4 heteroatoms. The normalized spacial score (nSPS) is 23.6. The maximum atomic E-state index is 5.97. The third-order valence-corrected chi connectivity index (χ3v) is 9.19. The molecule has 2 rings (SSSR count). The van der Waals surface area contributed by atoms with Crippen LogP contribution in [0.1, 0.15) is 51.4 Å². The summed E-state index contributed by atoms with van der Waals surface area (Å²) in [5.41, 5.74) is 1.55. The topological polar surface area (TPSA) is 18.5 Å². The van der Waals surface area contributed by atoms with Crippen LogP contribution in [0.4, 0.5) is 0 Å². The van der Waals surface area contributed by atoms with E-state index >= 15 is 0 Å². The van der Waals surface area contributed by atoms with Crippen LogP contribution >= 0.6 is 9.90 Å². The van der Waals surface area contributed by atoms with Crippen molar-refractivity contribution in [3.05, 3.63) is 0 Å². The van der Waals surface area contributed by atoms with E-state index in [9.17, 15) is 0 Å². The lowest BCUT2D eigenvalue weighted by molar-refractivity contribution is 0.214. The van der Waals surface area contributed by atoms with Gasteiger partial charge in [0.05, 0.1) is 0 Å².